The molecule has 2 N–H and O–H groups in total. The molecular formula is C16H25FN2. The van der Waals surface area contributed by atoms with Gasteiger partial charge in [-0.3, -0.25) is 0 Å². The maximum absolute atomic E-state index is 14.2. The lowest BCUT2D eigenvalue weighted by Crippen LogP contribution is -2.33. The van der Waals surface area contributed by atoms with Crippen molar-refractivity contribution in [3.05, 3.63) is 29.6 Å². The molecule has 1 saturated carbocycles. The van der Waals surface area contributed by atoms with Crippen molar-refractivity contribution in [2.75, 3.05) is 11.9 Å². The molecule has 2 unspecified atom stereocenters. The van der Waals surface area contributed by atoms with Crippen molar-refractivity contribution in [3.8, 4) is 0 Å². The SMILES string of the molecule is CCC(N)Cc1cccc(F)c1N(C)C(C)C1CC1. The van der Waals surface area contributed by atoms with Gasteiger partial charge in [-0.25, -0.2) is 4.39 Å². The van der Waals surface area contributed by atoms with Gasteiger partial charge in [-0.2, -0.15) is 0 Å². The highest BCUT2D eigenvalue weighted by Crippen LogP contribution is 2.37. The number of benzene rings is 1. The van der Waals surface area contributed by atoms with Crippen molar-refractivity contribution in [1.82, 2.24) is 0 Å². The van der Waals surface area contributed by atoms with Gasteiger partial charge in [0.2, 0.25) is 0 Å². The molecule has 106 valence electrons. The fraction of sp³-hybridized carbons (Fsp3) is 0.625. The average molecular weight is 264 g/mol. The second kappa shape index (κ2) is 5.91. The molecule has 0 aromatic heterocycles. The third-order valence-corrected chi connectivity index (χ3v) is 4.34. The fourth-order valence-corrected chi connectivity index (χ4v) is 2.65. The molecule has 1 aromatic carbocycles. The van der Waals surface area contributed by atoms with Crippen molar-refractivity contribution < 1.29 is 4.39 Å². The molecule has 0 aliphatic heterocycles. The summed E-state index contributed by atoms with van der Waals surface area (Å²) in [5, 5.41) is 0. The Kier molecular flexibility index (Phi) is 4.46. The summed E-state index contributed by atoms with van der Waals surface area (Å²) >= 11 is 0. The summed E-state index contributed by atoms with van der Waals surface area (Å²) in [5.41, 5.74) is 7.80. The Morgan fingerprint density at radius 2 is 2.11 bits per heavy atom. The number of nitrogens with two attached hydrogens (primary N) is 1. The van der Waals surface area contributed by atoms with E-state index >= 15 is 0 Å². The molecule has 1 aromatic rings. The fourth-order valence-electron chi connectivity index (χ4n) is 2.65. The van der Waals surface area contributed by atoms with E-state index in [1.807, 2.05) is 13.1 Å². The third-order valence-electron chi connectivity index (χ3n) is 4.34. The van der Waals surface area contributed by atoms with Gasteiger partial charge in [-0.05, 0) is 50.2 Å². The van der Waals surface area contributed by atoms with Crippen LogP contribution in [0.1, 0.15) is 38.7 Å². The molecule has 0 radical (unpaired) electrons. The van der Waals surface area contributed by atoms with Crippen LogP contribution in [0.3, 0.4) is 0 Å². The van der Waals surface area contributed by atoms with Crippen LogP contribution in [0.4, 0.5) is 10.1 Å². The van der Waals surface area contributed by atoms with Crippen molar-refractivity contribution in [3.63, 3.8) is 0 Å². The largest absolute Gasteiger partial charge is 0.369 e. The number of hydrogen-bond acceptors (Lipinski definition) is 2. The number of rotatable bonds is 6. The number of para-hydroxylation sites is 1. The molecule has 0 saturated heterocycles. The number of anilines is 1. The summed E-state index contributed by atoms with van der Waals surface area (Å²) in [6, 6.07) is 5.83. The Hall–Kier alpha value is -1.09. The summed E-state index contributed by atoms with van der Waals surface area (Å²) < 4.78 is 14.2. The summed E-state index contributed by atoms with van der Waals surface area (Å²) in [7, 11) is 2.00. The van der Waals surface area contributed by atoms with Gasteiger partial charge >= 0.3 is 0 Å². The Morgan fingerprint density at radius 3 is 2.68 bits per heavy atom. The van der Waals surface area contributed by atoms with Crippen LogP contribution in [0.2, 0.25) is 0 Å². The van der Waals surface area contributed by atoms with Gasteiger partial charge in [0.25, 0.3) is 0 Å². The maximum atomic E-state index is 14.2. The Bertz CT molecular complexity index is 429. The van der Waals surface area contributed by atoms with E-state index in [1.165, 1.54) is 12.8 Å². The first-order valence-electron chi connectivity index (χ1n) is 7.30. The molecule has 1 aliphatic carbocycles. The first-order valence-corrected chi connectivity index (χ1v) is 7.30. The molecule has 0 amide bonds. The molecular weight excluding hydrogens is 239 g/mol. The van der Waals surface area contributed by atoms with Crippen molar-refractivity contribution >= 4 is 5.69 Å². The summed E-state index contributed by atoms with van der Waals surface area (Å²) in [4.78, 5) is 2.10. The van der Waals surface area contributed by atoms with Crippen LogP contribution in [-0.2, 0) is 6.42 Å². The maximum Gasteiger partial charge on any atom is 0.146 e. The van der Waals surface area contributed by atoms with E-state index in [2.05, 4.69) is 18.7 Å². The molecule has 0 heterocycles. The minimum atomic E-state index is -0.129. The standard InChI is InChI=1S/C16H25FN2/c1-4-14(18)10-13-6-5-7-15(17)16(13)19(3)11(2)12-8-9-12/h5-7,11-12,14H,4,8-10,18H2,1-3H3. The topological polar surface area (TPSA) is 29.3 Å². The molecule has 1 aliphatic rings. The minimum Gasteiger partial charge on any atom is -0.369 e. The lowest BCUT2D eigenvalue weighted by atomic mass is 10.0. The summed E-state index contributed by atoms with van der Waals surface area (Å²) in [6.07, 6.45) is 4.19. The van der Waals surface area contributed by atoms with Crippen LogP contribution in [0.15, 0.2) is 18.2 Å². The molecule has 19 heavy (non-hydrogen) atoms. The smallest absolute Gasteiger partial charge is 0.146 e. The van der Waals surface area contributed by atoms with E-state index in [4.69, 9.17) is 5.73 Å². The number of halogens is 1. The second-order valence-corrected chi connectivity index (χ2v) is 5.81. The van der Waals surface area contributed by atoms with Crippen molar-refractivity contribution in [2.24, 2.45) is 11.7 Å². The van der Waals surface area contributed by atoms with Crippen molar-refractivity contribution in [2.45, 2.75) is 51.6 Å². The molecule has 0 bridgehead atoms. The van der Waals surface area contributed by atoms with E-state index < -0.39 is 0 Å². The normalized spacial score (nSPS) is 18.2. The number of nitrogens with zero attached hydrogens (tertiary/aromatic N) is 1. The molecule has 0 spiro atoms. The highest BCUT2D eigenvalue weighted by molar-refractivity contribution is 5.55. The highest BCUT2D eigenvalue weighted by Gasteiger charge is 2.32. The van der Waals surface area contributed by atoms with Crippen LogP contribution in [0, 0.1) is 11.7 Å². The van der Waals surface area contributed by atoms with Crippen LogP contribution in [0.5, 0.6) is 0 Å². The van der Waals surface area contributed by atoms with E-state index in [1.54, 1.807) is 12.1 Å². The lowest BCUT2D eigenvalue weighted by molar-refractivity contribution is 0.568. The van der Waals surface area contributed by atoms with E-state index in [-0.39, 0.29) is 11.9 Å². The van der Waals surface area contributed by atoms with Gasteiger partial charge in [-0.15, -0.1) is 0 Å². The first kappa shape index (κ1) is 14.3. The summed E-state index contributed by atoms with van der Waals surface area (Å²) in [6.45, 7) is 4.26. The molecule has 3 heteroatoms. The van der Waals surface area contributed by atoms with E-state index in [0.29, 0.717) is 6.04 Å². The van der Waals surface area contributed by atoms with Crippen LogP contribution in [-0.4, -0.2) is 19.1 Å². The lowest BCUT2D eigenvalue weighted by Gasteiger charge is -2.30. The zero-order chi connectivity index (χ0) is 14.0. The minimum absolute atomic E-state index is 0.102. The number of hydrogen-bond donors (Lipinski definition) is 1. The summed E-state index contributed by atoms with van der Waals surface area (Å²) in [5.74, 6) is 0.591. The monoisotopic (exact) mass is 264 g/mol. The molecule has 2 atom stereocenters. The molecule has 2 rings (SSSR count). The van der Waals surface area contributed by atoms with Gasteiger partial charge in [0.05, 0.1) is 5.69 Å². The van der Waals surface area contributed by atoms with Gasteiger partial charge < -0.3 is 10.6 Å². The highest BCUT2D eigenvalue weighted by atomic mass is 19.1. The third kappa shape index (κ3) is 3.27. The van der Waals surface area contributed by atoms with Crippen molar-refractivity contribution in [1.29, 1.82) is 0 Å². The van der Waals surface area contributed by atoms with Gasteiger partial charge in [0.1, 0.15) is 5.82 Å². The molecule has 2 nitrogen and oxygen atoms in total. The van der Waals surface area contributed by atoms with Crippen LogP contribution >= 0.6 is 0 Å². The van der Waals surface area contributed by atoms with Gasteiger partial charge in [-0.1, -0.05) is 19.1 Å². The van der Waals surface area contributed by atoms with E-state index in [0.717, 1.165) is 30.0 Å². The second-order valence-electron chi connectivity index (χ2n) is 5.81. The molecule has 1 fully saturated rings. The van der Waals surface area contributed by atoms with Gasteiger partial charge in [0.15, 0.2) is 0 Å². The van der Waals surface area contributed by atoms with Crippen LogP contribution < -0.4 is 10.6 Å². The van der Waals surface area contributed by atoms with Gasteiger partial charge in [0, 0.05) is 19.1 Å². The Balaban J connectivity index is 2.25. The van der Waals surface area contributed by atoms with Crippen LogP contribution in [0.25, 0.3) is 0 Å². The Labute approximate surface area is 115 Å². The quantitative estimate of drug-likeness (QED) is 0.854. The zero-order valence-corrected chi connectivity index (χ0v) is 12.2. The Morgan fingerprint density at radius 1 is 1.42 bits per heavy atom. The van der Waals surface area contributed by atoms with E-state index in [9.17, 15) is 4.39 Å². The average Bonchev–Trinajstić information content (AvgIpc) is 3.21. The first-order chi connectivity index (χ1) is 9.04. The zero-order valence-electron chi connectivity index (χ0n) is 12.2. The predicted octanol–water partition coefficient (Wildman–Crippen LogP) is 3.34. The predicted molar refractivity (Wildman–Crippen MR) is 79.0 cm³/mol.